The summed E-state index contributed by atoms with van der Waals surface area (Å²) in [4.78, 5) is 2.57. The first-order valence-electron chi connectivity index (χ1n) is 11.6. The topological polar surface area (TPSA) is 73.9 Å². The molecule has 9 heteroatoms. The average Bonchev–Trinajstić information content (AvgIpc) is 2.85. The van der Waals surface area contributed by atoms with Gasteiger partial charge in [0.2, 0.25) is 10.0 Å². The lowest BCUT2D eigenvalue weighted by molar-refractivity contribution is 0.0730. The van der Waals surface area contributed by atoms with Gasteiger partial charge in [-0.1, -0.05) is 19.1 Å². The number of thiocarbonyl (C=S) groups is 1. The Kier molecular flexibility index (Phi) is 7.85. The molecule has 2 aliphatic heterocycles. The molecule has 2 heterocycles. The van der Waals surface area contributed by atoms with E-state index in [1.807, 2.05) is 18.2 Å². The van der Waals surface area contributed by atoms with Gasteiger partial charge in [0, 0.05) is 31.9 Å². The van der Waals surface area contributed by atoms with E-state index in [0.717, 1.165) is 43.7 Å². The molecule has 2 N–H and O–H groups in total. The molecule has 2 aliphatic rings. The predicted octanol–water partition coefficient (Wildman–Crippen LogP) is 4.07. The summed E-state index contributed by atoms with van der Waals surface area (Å²) in [6.07, 6.45) is 4.45. The van der Waals surface area contributed by atoms with Crippen LogP contribution in [0.1, 0.15) is 31.7 Å². The first-order valence-corrected chi connectivity index (χ1v) is 13.5. The van der Waals surface area contributed by atoms with Crippen molar-refractivity contribution in [3.05, 3.63) is 48.0 Å². The van der Waals surface area contributed by atoms with Crippen LogP contribution in [0.5, 0.6) is 0 Å². The second-order valence-corrected chi connectivity index (χ2v) is 10.7. The fraction of sp³-hybridized carbons (Fsp3) is 0.458. The molecule has 2 fully saturated rings. The van der Waals surface area contributed by atoms with Crippen molar-refractivity contribution < 1.29 is 13.2 Å². The minimum Gasteiger partial charge on any atom is -0.379 e. The number of anilines is 3. The smallest absolute Gasteiger partial charge is 0.243 e. The van der Waals surface area contributed by atoms with Crippen molar-refractivity contribution in [2.45, 2.75) is 37.5 Å². The molecule has 0 radical (unpaired) electrons. The minimum absolute atomic E-state index is 0.266. The van der Waals surface area contributed by atoms with Gasteiger partial charge in [0.05, 0.1) is 29.5 Å². The Morgan fingerprint density at radius 1 is 0.970 bits per heavy atom. The zero-order valence-electron chi connectivity index (χ0n) is 19.0. The summed E-state index contributed by atoms with van der Waals surface area (Å²) < 4.78 is 33.3. The second-order valence-electron chi connectivity index (χ2n) is 8.37. The quantitative estimate of drug-likeness (QED) is 0.594. The Balaban J connectivity index is 1.59. The van der Waals surface area contributed by atoms with Crippen molar-refractivity contribution in [3.63, 3.8) is 0 Å². The Morgan fingerprint density at radius 3 is 2.33 bits per heavy atom. The highest BCUT2D eigenvalue weighted by atomic mass is 32.2. The Labute approximate surface area is 202 Å². The molecule has 0 aliphatic carbocycles. The highest BCUT2D eigenvalue weighted by Crippen LogP contribution is 2.32. The van der Waals surface area contributed by atoms with Gasteiger partial charge in [-0.15, -0.1) is 0 Å². The summed E-state index contributed by atoms with van der Waals surface area (Å²) in [5.41, 5.74) is 3.82. The molecular formula is C24H32N4O3S2. The second kappa shape index (κ2) is 10.8. The summed E-state index contributed by atoms with van der Waals surface area (Å²) >= 11 is 5.59. The lowest BCUT2D eigenvalue weighted by Crippen LogP contribution is -2.40. The third-order valence-electron chi connectivity index (χ3n) is 6.14. The summed E-state index contributed by atoms with van der Waals surface area (Å²) in [6.45, 7) is 5.59. The monoisotopic (exact) mass is 488 g/mol. The summed E-state index contributed by atoms with van der Waals surface area (Å²) in [5.74, 6) is 0. The first-order chi connectivity index (χ1) is 16.0. The van der Waals surface area contributed by atoms with Crippen molar-refractivity contribution in [3.8, 4) is 0 Å². The molecule has 0 saturated carbocycles. The summed E-state index contributed by atoms with van der Waals surface area (Å²) in [7, 11) is -3.60. The Bertz CT molecular complexity index is 1060. The van der Waals surface area contributed by atoms with Gasteiger partial charge in [-0.25, -0.2) is 8.42 Å². The van der Waals surface area contributed by atoms with E-state index in [4.69, 9.17) is 17.0 Å². The zero-order chi connectivity index (χ0) is 23.3. The third-order valence-corrected chi connectivity index (χ3v) is 8.24. The molecule has 4 rings (SSSR count). The molecule has 0 unspecified atom stereocenters. The van der Waals surface area contributed by atoms with E-state index in [9.17, 15) is 8.42 Å². The predicted molar refractivity (Wildman–Crippen MR) is 138 cm³/mol. The lowest BCUT2D eigenvalue weighted by atomic mass is 10.1. The SMILES string of the molecule is CCc1ccc(NC(=S)Nc2cc(S(=O)(=O)N3CCOCC3)ccc2N2CCCCC2)cc1. The van der Waals surface area contributed by atoms with E-state index in [-0.39, 0.29) is 4.90 Å². The number of nitrogens with zero attached hydrogens (tertiary/aromatic N) is 2. The highest BCUT2D eigenvalue weighted by Gasteiger charge is 2.28. The number of hydrogen-bond donors (Lipinski definition) is 2. The van der Waals surface area contributed by atoms with Crippen LogP contribution in [0.4, 0.5) is 17.1 Å². The van der Waals surface area contributed by atoms with Crippen molar-refractivity contribution in [2.24, 2.45) is 0 Å². The number of morpholine rings is 1. The zero-order valence-corrected chi connectivity index (χ0v) is 20.7. The molecule has 0 spiro atoms. The third kappa shape index (κ3) is 5.84. The van der Waals surface area contributed by atoms with Crippen molar-refractivity contribution in [2.75, 3.05) is 54.9 Å². The van der Waals surface area contributed by atoms with Crippen LogP contribution >= 0.6 is 12.2 Å². The maximum absolute atomic E-state index is 13.2. The molecule has 2 aromatic rings. The average molecular weight is 489 g/mol. The Hall–Kier alpha value is -2.20. The van der Waals surface area contributed by atoms with Crippen LogP contribution in [0.3, 0.4) is 0 Å². The molecule has 2 saturated heterocycles. The fourth-order valence-electron chi connectivity index (χ4n) is 4.23. The van der Waals surface area contributed by atoms with E-state index in [1.165, 1.54) is 16.3 Å². The maximum Gasteiger partial charge on any atom is 0.243 e. The van der Waals surface area contributed by atoms with E-state index >= 15 is 0 Å². The largest absolute Gasteiger partial charge is 0.379 e. The molecule has 0 amide bonds. The van der Waals surface area contributed by atoms with Gasteiger partial charge in [0.1, 0.15) is 0 Å². The normalized spacial score (nSPS) is 17.5. The van der Waals surface area contributed by atoms with Gasteiger partial charge in [0.25, 0.3) is 0 Å². The Morgan fingerprint density at radius 2 is 1.67 bits per heavy atom. The van der Waals surface area contributed by atoms with Crippen molar-refractivity contribution in [1.82, 2.24) is 4.31 Å². The van der Waals surface area contributed by atoms with Crippen LogP contribution in [-0.2, 0) is 21.2 Å². The maximum atomic E-state index is 13.2. The number of piperidine rings is 1. The molecule has 0 atom stereocenters. The number of hydrogen-bond acceptors (Lipinski definition) is 5. The van der Waals surface area contributed by atoms with Gasteiger partial charge in [-0.05, 0) is 73.8 Å². The van der Waals surface area contributed by atoms with Crippen LogP contribution < -0.4 is 15.5 Å². The lowest BCUT2D eigenvalue weighted by Gasteiger charge is -2.31. The van der Waals surface area contributed by atoms with E-state index in [1.54, 1.807) is 12.1 Å². The van der Waals surface area contributed by atoms with Crippen LogP contribution in [0.15, 0.2) is 47.4 Å². The number of benzene rings is 2. The molecule has 178 valence electrons. The molecule has 7 nitrogen and oxygen atoms in total. The van der Waals surface area contributed by atoms with Crippen molar-refractivity contribution >= 4 is 44.4 Å². The number of nitrogens with one attached hydrogen (secondary N) is 2. The van der Waals surface area contributed by atoms with Crippen LogP contribution in [-0.4, -0.2) is 57.2 Å². The molecule has 33 heavy (non-hydrogen) atoms. The molecule has 0 aromatic heterocycles. The van der Waals surface area contributed by atoms with Crippen LogP contribution in [0, 0.1) is 0 Å². The van der Waals surface area contributed by atoms with Gasteiger partial charge in [0.15, 0.2) is 5.11 Å². The van der Waals surface area contributed by atoms with E-state index < -0.39 is 10.0 Å². The minimum atomic E-state index is -3.60. The standard InChI is InChI=1S/C24H32N4O3S2/c1-2-19-6-8-20(9-7-19)25-24(32)26-22-18-21(33(29,30)28-14-16-31-17-15-28)10-11-23(22)27-12-4-3-5-13-27/h6-11,18H,2-5,12-17H2,1H3,(H2,25,26,32). The van der Waals surface area contributed by atoms with Gasteiger partial charge >= 0.3 is 0 Å². The van der Waals surface area contributed by atoms with Gasteiger partial charge in [-0.3, -0.25) is 0 Å². The van der Waals surface area contributed by atoms with Crippen LogP contribution in [0.2, 0.25) is 0 Å². The van der Waals surface area contributed by atoms with Gasteiger partial charge < -0.3 is 20.3 Å². The summed E-state index contributed by atoms with van der Waals surface area (Å²) in [5, 5.41) is 6.92. The van der Waals surface area contributed by atoms with E-state index in [0.29, 0.717) is 37.1 Å². The molecule has 2 aromatic carbocycles. The van der Waals surface area contributed by atoms with Gasteiger partial charge in [-0.2, -0.15) is 4.31 Å². The van der Waals surface area contributed by atoms with Crippen LogP contribution in [0.25, 0.3) is 0 Å². The number of rotatable bonds is 6. The number of sulfonamides is 1. The summed E-state index contributed by atoms with van der Waals surface area (Å²) in [6, 6.07) is 13.5. The first kappa shape index (κ1) is 23.9. The molecular weight excluding hydrogens is 456 g/mol. The van der Waals surface area contributed by atoms with Crippen molar-refractivity contribution in [1.29, 1.82) is 0 Å². The molecule has 0 bridgehead atoms. The highest BCUT2D eigenvalue weighted by molar-refractivity contribution is 7.89. The fourth-order valence-corrected chi connectivity index (χ4v) is 5.89. The number of aryl methyl sites for hydroxylation is 1. The van der Waals surface area contributed by atoms with E-state index in [2.05, 4.69) is 34.6 Å². The number of ether oxygens (including phenoxy) is 1.